The first-order valence-corrected chi connectivity index (χ1v) is 13.1. The van der Waals surface area contributed by atoms with E-state index in [-0.39, 0.29) is 34.5 Å². The molecule has 1 aromatic carbocycles. The van der Waals surface area contributed by atoms with Crippen LogP contribution in [-0.2, 0) is 14.3 Å². The lowest BCUT2D eigenvalue weighted by Gasteiger charge is -2.33. The van der Waals surface area contributed by atoms with Gasteiger partial charge >= 0.3 is 0 Å². The first-order chi connectivity index (χ1) is 20.4. The highest BCUT2D eigenvalue weighted by molar-refractivity contribution is 5.75. The van der Waals surface area contributed by atoms with Crippen molar-refractivity contribution in [1.29, 1.82) is 10.5 Å². The number of anilines is 2. The smallest absolute Gasteiger partial charge is 0.294 e. The third-order valence-electron chi connectivity index (χ3n) is 6.70. The molecule has 1 fully saturated rings. The van der Waals surface area contributed by atoms with Crippen LogP contribution in [0.2, 0.25) is 0 Å². The quantitative estimate of drug-likeness (QED) is 0.107. The number of nitriles is 2. The maximum Gasteiger partial charge on any atom is 0.294 e. The number of aromatic nitrogens is 3. The van der Waals surface area contributed by atoms with Gasteiger partial charge in [-0.1, -0.05) is 12.1 Å². The standard InChI is InChI=1S/C27H28N10O5/c1-18-21(15-29)27(35-11-8-20(9-12-35)42-17-38)31-26(30-10-5-13-41-2)24(18)32-33-25-19(14-28)16-36(34-25)22-6-3-4-7-23(22)37(39)40/h3-4,6-7,16-17,20H,5,8-13H2,1-2H3,(H,30,31). The predicted molar refractivity (Wildman–Crippen MR) is 150 cm³/mol. The minimum Gasteiger partial charge on any atom is -0.464 e. The zero-order valence-electron chi connectivity index (χ0n) is 23.1. The molecule has 0 spiro atoms. The van der Waals surface area contributed by atoms with Crippen LogP contribution < -0.4 is 10.2 Å². The second-order valence-electron chi connectivity index (χ2n) is 9.30. The van der Waals surface area contributed by atoms with Crippen LogP contribution in [0.1, 0.15) is 36.0 Å². The van der Waals surface area contributed by atoms with E-state index in [0.29, 0.717) is 74.7 Å². The third-order valence-corrected chi connectivity index (χ3v) is 6.70. The maximum absolute atomic E-state index is 11.5. The SMILES string of the molecule is COCCCNc1nc(N2CCC(OC=O)CC2)c(C#N)c(C)c1N=Nc1nn(-c2ccccc2[N+](=O)[O-])cc1C#N. The van der Waals surface area contributed by atoms with Crippen LogP contribution in [-0.4, -0.2) is 65.6 Å². The van der Waals surface area contributed by atoms with E-state index >= 15 is 0 Å². The molecular weight excluding hydrogens is 544 g/mol. The first kappa shape index (κ1) is 29.6. The largest absolute Gasteiger partial charge is 0.464 e. The maximum atomic E-state index is 11.5. The van der Waals surface area contributed by atoms with Gasteiger partial charge in [-0.25, -0.2) is 9.67 Å². The van der Waals surface area contributed by atoms with E-state index in [9.17, 15) is 25.4 Å². The Bertz CT molecular complexity index is 1560. The number of nitro groups is 1. The summed E-state index contributed by atoms with van der Waals surface area (Å²) in [6.07, 6.45) is 3.03. The number of nitrogens with one attached hydrogen (secondary N) is 1. The van der Waals surface area contributed by atoms with Crippen molar-refractivity contribution in [3.05, 3.63) is 57.3 Å². The topological polar surface area (TPSA) is 197 Å². The zero-order valence-corrected chi connectivity index (χ0v) is 23.1. The summed E-state index contributed by atoms with van der Waals surface area (Å²) >= 11 is 0. The van der Waals surface area contributed by atoms with Gasteiger partial charge in [0.25, 0.3) is 12.2 Å². The lowest BCUT2D eigenvalue weighted by atomic mass is 10.0. The lowest BCUT2D eigenvalue weighted by Crippen LogP contribution is -2.38. The summed E-state index contributed by atoms with van der Waals surface area (Å²) in [5.74, 6) is 0.801. The van der Waals surface area contributed by atoms with Crippen LogP contribution in [0.5, 0.6) is 0 Å². The molecule has 0 bridgehead atoms. The number of ether oxygens (including phenoxy) is 2. The first-order valence-electron chi connectivity index (χ1n) is 13.1. The molecule has 15 nitrogen and oxygen atoms in total. The number of benzene rings is 1. The van der Waals surface area contributed by atoms with E-state index in [4.69, 9.17) is 14.5 Å². The number of pyridine rings is 1. The summed E-state index contributed by atoms with van der Waals surface area (Å²) in [7, 11) is 1.61. The van der Waals surface area contributed by atoms with Gasteiger partial charge in [-0.15, -0.1) is 15.3 Å². The number of methoxy groups -OCH3 is 1. The lowest BCUT2D eigenvalue weighted by molar-refractivity contribution is -0.384. The van der Waals surface area contributed by atoms with Gasteiger partial charge in [0.2, 0.25) is 5.82 Å². The van der Waals surface area contributed by atoms with E-state index in [0.717, 1.165) is 0 Å². The van der Waals surface area contributed by atoms with E-state index in [1.165, 1.54) is 29.1 Å². The molecule has 0 amide bonds. The fraction of sp³-hybridized carbons (Fsp3) is 0.370. The minimum atomic E-state index is -0.538. The Hall–Kier alpha value is -5.41. The van der Waals surface area contributed by atoms with E-state index < -0.39 is 4.92 Å². The monoisotopic (exact) mass is 572 g/mol. The molecule has 3 aromatic rings. The fourth-order valence-corrected chi connectivity index (χ4v) is 4.54. The van der Waals surface area contributed by atoms with Crippen molar-refractivity contribution in [3.8, 4) is 17.8 Å². The average Bonchev–Trinajstić information content (AvgIpc) is 3.42. The molecule has 15 heteroatoms. The zero-order chi connectivity index (χ0) is 30.1. The van der Waals surface area contributed by atoms with Crippen molar-refractivity contribution in [2.75, 3.05) is 43.6 Å². The minimum absolute atomic E-state index is 0.0506. The molecule has 3 heterocycles. The van der Waals surface area contributed by atoms with E-state index in [2.05, 4.69) is 26.7 Å². The average molecular weight is 573 g/mol. The molecule has 1 aliphatic rings. The Morgan fingerprint density at radius 3 is 2.67 bits per heavy atom. The normalized spacial score (nSPS) is 13.5. The van der Waals surface area contributed by atoms with Crippen molar-refractivity contribution >= 4 is 35.3 Å². The van der Waals surface area contributed by atoms with Gasteiger partial charge in [0.05, 0.1) is 16.7 Å². The second-order valence-corrected chi connectivity index (χ2v) is 9.30. The van der Waals surface area contributed by atoms with Crippen molar-refractivity contribution < 1.29 is 19.2 Å². The molecule has 0 aliphatic carbocycles. The van der Waals surface area contributed by atoms with E-state index in [1.807, 2.05) is 11.0 Å². The molecule has 42 heavy (non-hydrogen) atoms. The van der Waals surface area contributed by atoms with Gasteiger partial charge in [-0.3, -0.25) is 14.9 Å². The van der Waals surface area contributed by atoms with Crippen molar-refractivity contribution in [1.82, 2.24) is 14.8 Å². The molecular formula is C27H28N10O5. The summed E-state index contributed by atoms with van der Waals surface area (Å²) in [5.41, 5.74) is 1.14. The van der Waals surface area contributed by atoms with Gasteiger partial charge < -0.3 is 19.7 Å². The summed E-state index contributed by atoms with van der Waals surface area (Å²) < 4.78 is 11.4. The van der Waals surface area contributed by atoms with Gasteiger partial charge in [0.1, 0.15) is 41.0 Å². The summed E-state index contributed by atoms with van der Waals surface area (Å²) in [6.45, 7) is 4.28. The molecule has 0 radical (unpaired) electrons. The molecule has 216 valence electrons. The number of carbonyl (C=O) groups is 1. The van der Waals surface area contributed by atoms with Crippen LogP contribution in [0.25, 0.3) is 5.69 Å². The molecule has 0 unspecified atom stereocenters. The Kier molecular flexibility index (Phi) is 9.70. The van der Waals surface area contributed by atoms with Crippen molar-refractivity contribution in [2.45, 2.75) is 32.3 Å². The van der Waals surface area contributed by atoms with Crippen LogP contribution in [0.4, 0.5) is 28.8 Å². The highest BCUT2D eigenvalue weighted by atomic mass is 16.6. The fourth-order valence-electron chi connectivity index (χ4n) is 4.54. The summed E-state index contributed by atoms with van der Waals surface area (Å²) in [4.78, 5) is 28.4. The van der Waals surface area contributed by atoms with Crippen molar-refractivity contribution in [3.63, 3.8) is 0 Å². The van der Waals surface area contributed by atoms with E-state index in [1.54, 1.807) is 20.1 Å². The molecule has 2 aromatic heterocycles. The predicted octanol–water partition coefficient (Wildman–Crippen LogP) is 4.23. The Morgan fingerprint density at radius 1 is 1.24 bits per heavy atom. The molecule has 1 saturated heterocycles. The van der Waals surface area contributed by atoms with Gasteiger partial charge in [-0.05, 0) is 19.4 Å². The number of piperidine rings is 1. The molecule has 0 saturated carbocycles. The summed E-state index contributed by atoms with van der Waals surface area (Å²) in [6, 6.07) is 10.2. The number of hydrogen-bond acceptors (Lipinski definition) is 13. The number of nitrogens with zero attached hydrogens (tertiary/aromatic N) is 9. The number of hydrogen-bond donors (Lipinski definition) is 1. The Morgan fingerprint density at radius 2 is 2.00 bits per heavy atom. The Labute approximate surface area is 241 Å². The molecule has 0 atom stereocenters. The molecule has 4 rings (SSSR count). The van der Waals surface area contributed by atoms with Gasteiger partial charge in [0.15, 0.2) is 5.82 Å². The number of nitro benzene ring substituents is 1. The molecule has 1 N–H and O–H groups in total. The van der Waals surface area contributed by atoms with Gasteiger partial charge in [0, 0.05) is 57.8 Å². The molecule has 1 aliphatic heterocycles. The van der Waals surface area contributed by atoms with Crippen LogP contribution in [0.3, 0.4) is 0 Å². The number of rotatable bonds is 12. The highest BCUT2D eigenvalue weighted by Crippen LogP contribution is 2.37. The second kappa shape index (κ2) is 13.8. The summed E-state index contributed by atoms with van der Waals surface area (Å²) in [5, 5.41) is 47.4. The van der Waals surface area contributed by atoms with Crippen molar-refractivity contribution in [2.24, 2.45) is 10.2 Å². The Balaban J connectivity index is 1.73. The number of azo groups is 1. The van der Waals surface area contributed by atoms with Crippen LogP contribution in [0, 0.1) is 39.7 Å². The van der Waals surface area contributed by atoms with Crippen LogP contribution >= 0.6 is 0 Å². The van der Waals surface area contributed by atoms with Gasteiger partial charge in [-0.2, -0.15) is 10.5 Å². The van der Waals surface area contributed by atoms with Crippen LogP contribution in [0.15, 0.2) is 40.7 Å². The highest BCUT2D eigenvalue weighted by Gasteiger charge is 2.26. The number of carbonyl (C=O) groups excluding carboxylic acids is 1. The number of para-hydroxylation sites is 2. The third kappa shape index (κ3) is 6.48.